The monoisotopic (exact) mass is 436 g/mol. The van der Waals surface area contributed by atoms with Crippen LogP contribution in [0, 0.1) is 6.92 Å². The summed E-state index contributed by atoms with van der Waals surface area (Å²) in [6, 6.07) is 14.8. The molecule has 1 N–H and O–H groups in total. The van der Waals surface area contributed by atoms with Crippen molar-refractivity contribution in [2.24, 2.45) is 0 Å². The lowest BCUT2D eigenvalue weighted by atomic mass is 9.98. The molecule has 0 bridgehead atoms. The van der Waals surface area contributed by atoms with E-state index in [9.17, 15) is 9.59 Å². The Hall–Kier alpha value is -2.86. The molecule has 3 aromatic rings. The van der Waals surface area contributed by atoms with E-state index in [1.807, 2.05) is 54.8 Å². The van der Waals surface area contributed by atoms with Crippen molar-refractivity contribution >= 4 is 23.2 Å². The smallest absolute Gasteiger partial charge is 0.247 e. The lowest BCUT2D eigenvalue weighted by Crippen LogP contribution is -2.46. The summed E-state index contributed by atoms with van der Waals surface area (Å²) in [5.41, 5.74) is 1.84. The fraction of sp³-hybridized carbons (Fsp3) is 0.360. The molecule has 31 heavy (non-hydrogen) atoms. The minimum absolute atomic E-state index is 0.0892. The molecule has 4 rings (SSSR count). The molecule has 0 saturated heterocycles. The SMILES string of the molecule is Cc1ccccc1[C@@H](C(=O)NC1CCCC1)N(Cc1ccco1)C(=O)Cc1cccs1. The van der Waals surface area contributed by atoms with Gasteiger partial charge in [0.1, 0.15) is 11.8 Å². The second-order valence-corrected chi connectivity index (χ2v) is 9.14. The maximum absolute atomic E-state index is 13.6. The molecule has 2 heterocycles. The summed E-state index contributed by atoms with van der Waals surface area (Å²) in [5, 5.41) is 5.18. The molecular formula is C25H28N2O3S. The molecule has 5 nitrogen and oxygen atoms in total. The first-order valence-electron chi connectivity index (χ1n) is 10.8. The van der Waals surface area contributed by atoms with Gasteiger partial charge in [0, 0.05) is 10.9 Å². The van der Waals surface area contributed by atoms with Crippen molar-refractivity contribution < 1.29 is 14.0 Å². The highest BCUT2D eigenvalue weighted by molar-refractivity contribution is 7.10. The number of amides is 2. The molecule has 0 spiro atoms. The van der Waals surface area contributed by atoms with Gasteiger partial charge in [-0.2, -0.15) is 0 Å². The minimum atomic E-state index is -0.709. The van der Waals surface area contributed by atoms with E-state index in [0.29, 0.717) is 5.76 Å². The molecule has 0 unspecified atom stereocenters. The third-order valence-corrected chi connectivity index (χ3v) is 6.75. The molecule has 0 aliphatic heterocycles. The summed E-state index contributed by atoms with van der Waals surface area (Å²) < 4.78 is 5.56. The van der Waals surface area contributed by atoms with Crippen molar-refractivity contribution in [3.05, 3.63) is 81.9 Å². The van der Waals surface area contributed by atoms with Crippen molar-refractivity contribution in [2.45, 2.75) is 57.7 Å². The quantitative estimate of drug-likeness (QED) is 0.539. The Morgan fingerprint density at radius 1 is 1.13 bits per heavy atom. The summed E-state index contributed by atoms with van der Waals surface area (Å²) in [6.07, 6.45) is 6.11. The Morgan fingerprint density at radius 2 is 1.94 bits per heavy atom. The van der Waals surface area contributed by atoms with E-state index in [4.69, 9.17) is 4.42 Å². The van der Waals surface area contributed by atoms with Gasteiger partial charge in [-0.15, -0.1) is 11.3 Å². The molecular weight excluding hydrogens is 408 g/mol. The van der Waals surface area contributed by atoms with Crippen LogP contribution in [0.25, 0.3) is 0 Å². The molecule has 1 saturated carbocycles. The van der Waals surface area contributed by atoms with Crippen LogP contribution in [0.4, 0.5) is 0 Å². The highest BCUT2D eigenvalue weighted by atomic mass is 32.1. The van der Waals surface area contributed by atoms with Gasteiger partial charge in [0.25, 0.3) is 0 Å². The van der Waals surface area contributed by atoms with Crippen LogP contribution in [0.1, 0.15) is 53.5 Å². The Bertz CT molecular complexity index is 992. The zero-order valence-corrected chi connectivity index (χ0v) is 18.6. The average molecular weight is 437 g/mol. The van der Waals surface area contributed by atoms with Gasteiger partial charge in [-0.3, -0.25) is 9.59 Å². The van der Waals surface area contributed by atoms with Crippen molar-refractivity contribution in [2.75, 3.05) is 0 Å². The van der Waals surface area contributed by atoms with E-state index in [1.54, 1.807) is 28.6 Å². The first-order chi connectivity index (χ1) is 15.1. The summed E-state index contributed by atoms with van der Waals surface area (Å²) >= 11 is 1.55. The topological polar surface area (TPSA) is 62.6 Å². The lowest BCUT2D eigenvalue weighted by Gasteiger charge is -2.32. The van der Waals surface area contributed by atoms with Crippen molar-refractivity contribution in [3.63, 3.8) is 0 Å². The lowest BCUT2D eigenvalue weighted by molar-refractivity contribution is -0.141. The number of carbonyl (C=O) groups excluding carboxylic acids is 2. The van der Waals surface area contributed by atoms with E-state index in [0.717, 1.165) is 41.7 Å². The second-order valence-electron chi connectivity index (χ2n) is 8.11. The molecule has 1 fully saturated rings. The predicted molar refractivity (Wildman–Crippen MR) is 122 cm³/mol. The second kappa shape index (κ2) is 9.96. The van der Waals surface area contributed by atoms with Gasteiger partial charge in [0.05, 0.1) is 19.2 Å². The Labute approximate surface area is 187 Å². The molecule has 2 aromatic heterocycles. The van der Waals surface area contributed by atoms with Crippen molar-refractivity contribution in [1.82, 2.24) is 10.2 Å². The summed E-state index contributed by atoms with van der Waals surface area (Å²) in [4.78, 5) is 29.8. The molecule has 6 heteroatoms. The van der Waals surface area contributed by atoms with Crippen LogP contribution in [0.15, 0.2) is 64.6 Å². The van der Waals surface area contributed by atoms with Gasteiger partial charge in [-0.05, 0) is 54.5 Å². The zero-order chi connectivity index (χ0) is 21.6. The van der Waals surface area contributed by atoms with Gasteiger partial charge in [0.15, 0.2) is 0 Å². The van der Waals surface area contributed by atoms with Crippen LogP contribution in [-0.4, -0.2) is 22.8 Å². The number of thiophene rings is 1. The normalized spacial score (nSPS) is 15.0. The number of rotatable bonds is 8. The van der Waals surface area contributed by atoms with E-state index in [1.165, 1.54) is 0 Å². The van der Waals surface area contributed by atoms with Crippen LogP contribution in [0.2, 0.25) is 0 Å². The fourth-order valence-electron chi connectivity index (χ4n) is 4.25. The molecule has 1 aliphatic carbocycles. The third-order valence-electron chi connectivity index (χ3n) is 5.88. The summed E-state index contributed by atoms with van der Waals surface area (Å²) in [5.74, 6) is 0.452. The van der Waals surface area contributed by atoms with E-state index >= 15 is 0 Å². The maximum atomic E-state index is 13.6. The molecule has 0 radical (unpaired) electrons. The van der Waals surface area contributed by atoms with Crippen LogP contribution in [0.3, 0.4) is 0 Å². The molecule has 1 atom stereocenters. The number of furan rings is 1. The number of hydrogen-bond donors (Lipinski definition) is 1. The Morgan fingerprint density at radius 3 is 2.61 bits per heavy atom. The van der Waals surface area contributed by atoms with Crippen LogP contribution in [0.5, 0.6) is 0 Å². The Kier molecular flexibility index (Phi) is 6.87. The molecule has 162 valence electrons. The van der Waals surface area contributed by atoms with E-state index in [2.05, 4.69) is 5.32 Å². The third kappa shape index (κ3) is 5.25. The molecule has 1 aromatic carbocycles. The number of benzene rings is 1. The number of aryl methyl sites for hydroxylation is 1. The summed E-state index contributed by atoms with van der Waals surface area (Å²) in [7, 11) is 0. The van der Waals surface area contributed by atoms with Gasteiger partial charge < -0.3 is 14.6 Å². The number of hydrogen-bond acceptors (Lipinski definition) is 4. The molecule has 2 amide bonds. The number of carbonyl (C=O) groups is 2. The van der Waals surface area contributed by atoms with Crippen LogP contribution < -0.4 is 5.32 Å². The van der Waals surface area contributed by atoms with Gasteiger partial charge in [0.2, 0.25) is 11.8 Å². The number of nitrogens with zero attached hydrogens (tertiary/aromatic N) is 1. The standard InChI is InChI=1S/C25H28N2O3S/c1-18-8-2-5-13-22(18)24(25(29)26-19-9-3-4-10-19)27(17-20-11-6-14-30-20)23(28)16-21-12-7-15-31-21/h2,5-8,11-15,19,24H,3-4,9-10,16-17H2,1H3,(H,26,29)/t24-/m0/s1. The Balaban J connectivity index is 1.69. The highest BCUT2D eigenvalue weighted by Gasteiger charge is 2.34. The average Bonchev–Trinajstić information content (AvgIpc) is 3.53. The summed E-state index contributed by atoms with van der Waals surface area (Å²) in [6.45, 7) is 2.23. The largest absolute Gasteiger partial charge is 0.467 e. The van der Waals surface area contributed by atoms with Crippen LogP contribution >= 0.6 is 11.3 Å². The van der Waals surface area contributed by atoms with Gasteiger partial charge in [-0.25, -0.2) is 0 Å². The van der Waals surface area contributed by atoms with Gasteiger partial charge in [-0.1, -0.05) is 43.2 Å². The van der Waals surface area contributed by atoms with Crippen molar-refractivity contribution in [1.29, 1.82) is 0 Å². The van der Waals surface area contributed by atoms with Crippen molar-refractivity contribution in [3.8, 4) is 0 Å². The van der Waals surface area contributed by atoms with Gasteiger partial charge >= 0.3 is 0 Å². The maximum Gasteiger partial charge on any atom is 0.247 e. The van der Waals surface area contributed by atoms with Crippen LogP contribution in [-0.2, 0) is 22.6 Å². The van der Waals surface area contributed by atoms with E-state index in [-0.39, 0.29) is 30.8 Å². The first-order valence-corrected chi connectivity index (χ1v) is 11.7. The first kappa shape index (κ1) is 21.4. The minimum Gasteiger partial charge on any atom is -0.467 e. The number of nitrogens with one attached hydrogen (secondary N) is 1. The molecule has 1 aliphatic rings. The predicted octanol–water partition coefficient (Wildman–Crippen LogP) is 5.02. The van der Waals surface area contributed by atoms with E-state index < -0.39 is 6.04 Å². The fourth-order valence-corrected chi connectivity index (χ4v) is 4.95. The highest BCUT2D eigenvalue weighted by Crippen LogP contribution is 2.29. The zero-order valence-electron chi connectivity index (χ0n) is 17.8.